The van der Waals surface area contributed by atoms with Crippen LogP contribution in [-0.4, -0.2) is 17.0 Å². The molecule has 0 spiro atoms. The zero-order chi connectivity index (χ0) is 19.6. The van der Waals surface area contributed by atoms with Gasteiger partial charge in [-0.3, -0.25) is 4.79 Å². The molecule has 0 fully saturated rings. The van der Waals surface area contributed by atoms with Gasteiger partial charge in [0.25, 0.3) is 11.1 Å². The van der Waals surface area contributed by atoms with Gasteiger partial charge in [-0.05, 0) is 31.9 Å². The summed E-state index contributed by atoms with van der Waals surface area (Å²) in [6.45, 7) is 5.90. The molecule has 138 valence electrons. The van der Waals surface area contributed by atoms with Crippen LogP contribution in [0.15, 0.2) is 42.5 Å². The van der Waals surface area contributed by atoms with E-state index in [1.54, 1.807) is 0 Å². The molecule has 3 aromatic rings. The van der Waals surface area contributed by atoms with E-state index >= 15 is 0 Å². The Morgan fingerprint density at radius 3 is 2.30 bits per heavy atom. The Morgan fingerprint density at radius 2 is 1.70 bits per heavy atom. The summed E-state index contributed by atoms with van der Waals surface area (Å²) in [4.78, 5) is 28.7. The lowest BCUT2D eigenvalue weighted by atomic mass is 10.0. The molecule has 0 bridgehead atoms. The number of aryl methyl sites for hydroxylation is 3. The van der Waals surface area contributed by atoms with Crippen molar-refractivity contribution in [2.75, 3.05) is 5.32 Å². The number of benzene rings is 2. The van der Waals surface area contributed by atoms with Crippen molar-refractivity contribution in [2.45, 2.75) is 20.8 Å². The molecular weight excluding hydrogens is 362 g/mol. The number of anilines is 1. The third kappa shape index (κ3) is 4.15. The number of ether oxygens (including phenoxy) is 1. The van der Waals surface area contributed by atoms with Crippen LogP contribution in [0.2, 0.25) is 0 Å². The molecule has 1 heterocycles. The lowest BCUT2D eigenvalue weighted by Gasteiger charge is -2.12. The number of hydrogen-bond donors (Lipinski definition) is 2. The van der Waals surface area contributed by atoms with Crippen molar-refractivity contribution in [3.8, 4) is 16.5 Å². The molecule has 27 heavy (non-hydrogen) atoms. The molecular formula is C20H19N3O3S. The van der Waals surface area contributed by atoms with Crippen LogP contribution in [-0.2, 0) is 0 Å². The Hall–Kier alpha value is -3.19. The van der Waals surface area contributed by atoms with E-state index in [0.29, 0.717) is 10.6 Å². The topological polar surface area (TPSA) is 94.3 Å². The van der Waals surface area contributed by atoms with Crippen LogP contribution in [0.5, 0.6) is 5.19 Å². The number of nitrogens with one attached hydrogen (secondary N) is 1. The zero-order valence-electron chi connectivity index (χ0n) is 15.2. The maximum Gasteiger partial charge on any atom is 0.411 e. The van der Waals surface area contributed by atoms with Gasteiger partial charge < -0.3 is 15.8 Å². The van der Waals surface area contributed by atoms with Crippen molar-refractivity contribution < 1.29 is 14.3 Å². The van der Waals surface area contributed by atoms with Crippen LogP contribution in [0.3, 0.4) is 0 Å². The second kappa shape index (κ2) is 7.59. The third-order valence-corrected chi connectivity index (χ3v) is 4.90. The molecule has 2 amide bonds. The molecule has 7 heteroatoms. The Bertz CT molecular complexity index is 990. The first-order valence-electron chi connectivity index (χ1n) is 8.28. The number of carbonyl (C=O) groups is 2. The average Bonchev–Trinajstić information content (AvgIpc) is 3.02. The van der Waals surface area contributed by atoms with E-state index in [0.717, 1.165) is 39.3 Å². The summed E-state index contributed by atoms with van der Waals surface area (Å²) in [5.74, 6) is -0.319. The van der Waals surface area contributed by atoms with Crippen LogP contribution in [0.1, 0.15) is 26.4 Å². The maximum atomic E-state index is 13.0. The second-order valence-electron chi connectivity index (χ2n) is 6.17. The number of aromatic nitrogens is 1. The number of nitrogens with two attached hydrogens (primary N) is 1. The largest absolute Gasteiger partial charge is 0.411 e. The number of hydrogen-bond acceptors (Lipinski definition) is 5. The minimum atomic E-state index is -0.972. The van der Waals surface area contributed by atoms with E-state index in [4.69, 9.17) is 10.5 Å². The molecule has 0 radical (unpaired) electrons. The molecule has 0 aliphatic rings. The minimum absolute atomic E-state index is 0.0313. The van der Waals surface area contributed by atoms with E-state index in [1.807, 2.05) is 63.2 Å². The summed E-state index contributed by atoms with van der Waals surface area (Å²) >= 11 is 0.979. The van der Waals surface area contributed by atoms with Gasteiger partial charge in [-0.25, -0.2) is 9.78 Å². The van der Waals surface area contributed by atoms with E-state index in [9.17, 15) is 9.59 Å². The Morgan fingerprint density at radius 1 is 1.07 bits per heavy atom. The average molecular weight is 381 g/mol. The first kappa shape index (κ1) is 18.6. The van der Waals surface area contributed by atoms with E-state index in [-0.39, 0.29) is 11.1 Å². The van der Waals surface area contributed by atoms with Gasteiger partial charge in [-0.2, -0.15) is 0 Å². The molecule has 1 aromatic heterocycles. The normalized spacial score (nSPS) is 10.5. The van der Waals surface area contributed by atoms with Crippen molar-refractivity contribution in [3.63, 3.8) is 0 Å². The smallest absolute Gasteiger partial charge is 0.381 e. The van der Waals surface area contributed by atoms with E-state index < -0.39 is 6.09 Å². The lowest BCUT2D eigenvalue weighted by molar-refractivity contribution is 0.103. The van der Waals surface area contributed by atoms with Crippen molar-refractivity contribution in [3.05, 3.63) is 64.0 Å². The molecule has 0 unspecified atom stereocenters. The van der Waals surface area contributed by atoms with E-state index in [2.05, 4.69) is 10.3 Å². The van der Waals surface area contributed by atoms with Crippen molar-refractivity contribution >= 4 is 29.0 Å². The van der Waals surface area contributed by atoms with Gasteiger partial charge >= 0.3 is 6.09 Å². The summed E-state index contributed by atoms with van der Waals surface area (Å²) in [6, 6.07) is 13.3. The number of nitrogens with zero attached hydrogens (tertiary/aromatic N) is 1. The fourth-order valence-corrected chi connectivity index (χ4v) is 3.76. The minimum Gasteiger partial charge on any atom is -0.381 e. The van der Waals surface area contributed by atoms with Crippen LogP contribution in [0.4, 0.5) is 10.5 Å². The Balaban J connectivity index is 2.01. The van der Waals surface area contributed by atoms with Crippen LogP contribution >= 0.6 is 11.3 Å². The first-order valence-corrected chi connectivity index (χ1v) is 9.09. The maximum absolute atomic E-state index is 13.0. The number of thiazole rings is 1. The number of rotatable bonds is 4. The number of amides is 2. The molecule has 0 atom stereocenters. The third-order valence-electron chi connectivity index (χ3n) is 3.96. The molecule has 6 nitrogen and oxygen atoms in total. The molecule has 0 saturated heterocycles. The fraction of sp³-hybridized carbons (Fsp3) is 0.150. The molecule has 2 aromatic carbocycles. The zero-order valence-corrected chi connectivity index (χ0v) is 16.0. The summed E-state index contributed by atoms with van der Waals surface area (Å²) in [5, 5.41) is 2.99. The number of carbonyl (C=O) groups excluding carboxylic acids is 2. The van der Waals surface area contributed by atoms with Gasteiger partial charge in [0.2, 0.25) is 0 Å². The van der Waals surface area contributed by atoms with Crippen LogP contribution in [0, 0.1) is 20.8 Å². The van der Waals surface area contributed by atoms with Crippen LogP contribution in [0.25, 0.3) is 11.3 Å². The van der Waals surface area contributed by atoms with Gasteiger partial charge in [0.1, 0.15) is 4.88 Å². The summed E-state index contributed by atoms with van der Waals surface area (Å²) in [7, 11) is 0. The number of primary amides is 1. The Kier molecular flexibility index (Phi) is 5.23. The molecule has 3 N–H and O–H groups in total. The molecule has 0 saturated carbocycles. The first-order chi connectivity index (χ1) is 12.8. The van der Waals surface area contributed by atoms with E-state index in [1.165, 1.54) is 0 Å². The summed E-state index contributed by atoms with van der Waals surface area (Å²) in [6.07, 6.45) is -0.972. The molecule has 0 aliphatic carbocycles. The van der Waals surface area contributed by atoms with Gasteiger partial charge in [-0.1, -0.05) is 59.4 Å². The van der Waals surface area contributed by atoms with Crippen LogP contribution < -0.4 is 15.8 Å². The predicted molar refractivity (Wildman–Crippen MR) is 106 cm³/mol. The molecule has 0 aliphatic heterocycles. The molecule has 3 rings (SSSR count). The van der Waals surface area contributed by atoms with Gasteiger partial charge in [0, 0.05) is 11.3 Å². The highest BCUT2D eigenvalue weighted by molar-refractivity contribution is 7.16. The fourth-order valence-electron chi connectivity index (χ4n) is 2.92. The lowest BCUT2D eigenvalue weighted by Crippen LogP contribution is -2.16. The van der Waals surface area contributed by atoms with Crippen molar-refractivity contribution in [1.82, 2.24) is 4.98 Å². The van der Waals surface area contributed by atoms with Gasteiger partial charge in [0.15, 0.2) is 0 Å². The predicted octanol–water partition coefficient (Wildman–Crippen LogP) is 4.45. The summed E-state index contributed by atoms with van der Waals surface area (Å²) < 4.78 is 4.89. The monoisotopic (exact) mass is 381 g/mol. The van der Waals surface area contributed by atoms with Gasteiger partial charge in [-0.15, -0.1) is 0 Å². The Labute approximate surface area is 161 Å². The summed E-state index contributed by atoms with van der Waals surface area (Å²) in [5.41, 5.74) is 10.1. The quantitative estimate of drug-likeness (QED) is 0.698. The highest BCUT2D eigenvalue weighted by Gasteiger charge is 2.22. The van der Waals surface area contributed by atoms with Crippen molar-refractivity contribution in [1.29, 1.82) is 0 Å². The SMILES string of the molecule is Cc1cc(C)c(NC(=O)c2sc(OC(N)=O)nc2-c2ccccc2)c(C)c1. The van der Waals surface area contributed by atoms with Gasteiger partial charge in [0.05, 0.1) is 5.69 Å². The van der Waals surface area contributed by atoms with Crippen molar-refractivity contribution in [2.24, 2.45) is 5.73 Å². The highest BCUT2D eigenvalue weighted by Crippen LogP contribution is 2.34. The standard InChI is InChI=1S/C20H19N3O3S/c1-11-9-12(2)15(13(3)10-11)22-18(24)17-16(14-7-5-4-6-8-14)23-20(27-17)26-19(21)25/h4-10H,1-3H3,(H2,21,25)(H,22,24). The highest BCUT2D eigenvalue weighted by atomic mass is 32.1. The second-order valence-corrected chi connectivity index (χ2v) is 7.13.